The molecule has 0 fully saturated rings. The van der Waals surface area contributed by atoms with E-state index in [0.29, 0.717) is 5.56 Å². The van der Waals surface area contributed by atoms with Crippen LogP contribution >= 0.6 is 15.9 Å². The maximum absolute atomic E-state index is 12.0. The molecule has 1 amide bonds. The summed E-state index contributed by atoms with van der Waals surface area (Å²) >= 11 is 3.32. The van der Waals surface area contributed by atoms with Gasteiger partial charge in [-0.3, -0.25) is 4.79 Å². The molecule has 4 nitrogen and oxygen atoms in total. The minimum Gasteiger partial charge on any atom is -0.480 e. The lowest BCUT2D eigenvalue weighted by Gasteiger charge is -2.14. The van der Waals surface area contributed by atoms with Crippen molar-refractivity contribution in [2.24, 2.45) is 0 Å². The van der Waals surface area contributed by atoms with Crippen LogP contribution in [0.2, 0.25) is 0 Å². The Morgan fingerprint density at radius 1 is 1.47 bits per heavy atom. The van der Waals surface area contributed by atoms with Gasteiger partial charge in [-0.1, -0.05) is 28.1 Å². The number of amides is 1. The highest BCUT2D eigenvalue weighted by molar-refractivity contribution is 9.10. The number of hydrogen-bond donors (Lipinski definition) is 2. The summed E-state index contributed by atoms with van der Waals surface area (Å²) < 4.78 is 0.880. The molecule has 1 aromatic carbocycles. The number of aliphatic carboxylic acids is 1. The quantitative estimate of drug-likeness (QED) is 0.818. The molecule has 1 atom stereocenters. The van der Waals surface area contributed by atoms with Crippen molar-refractivity contribution < 1.29 is 14.7 Å². The van der Waals surface area contributed by atoms with Crippen LogP contribution < -0.4 is 5.32 Å². The molecule has 102 valence electrons. The highest BCUT2D eigenvalue weighted by Gasteiger charge is 2.20. The maximum atomic E-state index is 12.0. The first kappa shape index (κ1) is 15.4. The van der Waals surface area contributed by atoms with E-state index in [1.807, 2.05) is 6.07 Å². The summed E-state index contributed by atoms with van der Waals surface area (Å²) in [5.74, 6) is -1.41. The smallest absolute Gasteiger partial charge is 0.326 e. The molecule has 19 heavy (non-hydrogen) atoms. The van der Waals surface area contributed by atoms with Gasteiger partial charge in [-0.25, -0.2) is 4.79 Å². The van der Waals surface area contributed by atoms with Crippen LogP contribution in [0.25, 0.3) is 0 Å². The van der Waals surface area contributed by atoms with E-state index in [2.05, 4.69) is 21.2 Å². The van der Waals surface area contributed by atoms with Gasteiger partial charge in [-0.05, 0) is 44.0 Å². The normalized spacial score (nSPS) is 12.4. The van der Waals surface area contributed by atoms with Crippen LogP contribution in [0.15, 0.2) is 34.8 Å². The van der Waals surface area contributed by atoms with Crippen LogP contribution in [-0.4, -0.2) is 23.0 Å². The van der Waals surface area contributed by atoms with Gasteiger partial charge in [0.05, 0.1) is 0 Å². The van der Waals surface area contributed by atoms with Crippen LogP contribution in [0.5, 0.6) is 0 Å². The molecule has 1 rings (SSSR count). The van der Waals surface area contributed by atoms with Gasteiger partial charge in [0, 0.05) is 10.0 Å². The van der Waals surface area contributed by atoms with E-state index in [4.69, 9.17) is 5.11 Å². The van der Waals surface area contributed by atoms with Crippen LogP contribution in [0, 0.1) is 6.92 Å². The number of nitrogens with one attached hydrogen (secondary N) is 1. The predicted octanol–water partition coefficient (Wildman–Crippen LogP) is 2.91. The highest BCUT2D eigenvalue weighted by atomic mass is 79.9. The molecule has 0 radical (unpaired) electrons. The fourth-order valence-corrected chi connectivity index (χ4v) is 2.09. The predicted molar refractivity (Wildman–Crippen MR) is 77.2 cm³/mol. The van der Waals surface area contributed by atoms with E-state index in [0.717, 1.165) is 10.0 Å². The average Bonchev–Trinajstić information content (AvgIpc) is 2.33. The molecule has 0 aliphatic carbocycles. The molecule has 0 aromatic heterocycles. The Morgan fingerprint density at radius 3 is 2.68 bits per heavy atom. The average molecular weight is 326 g/mol. The van der Waals surface area contributed by atoms with Gasteiger partial charge in [0.1, 0.15) is 6.04 Å². The van der Waals surface area contributed by atoms with Crippen molar-refractivity contribution in [1.29, 1.82) is 0 Å². The molecule has 1 unspecified atom stereocenters. The summed E-state index contributed by atoms with van der Waals surface area (Å²) in [5, 5.41) is 11.6. The van der Waals surface area contributed by atoms with E-state index < -0.39 is 12.0 Å². The number of carbonyl (C=O) groups excluding carboxylic acids is 1. The van der Waals surface area contributed by atoms with Crippen molar-refractivity contribution in [1.82, 2.24) is 5.32 Å². The molecule has 0 heterocycles. The van der Waals surface area contributed by atoms with Crippen molar-refractivity contribution in [3.8, 4) is 0 Å². The van der Waals surface area contributed by atoms with Crippen LogP contribution in [0.4, 0.5) is 0 Å². The Hall–Kier alpha value is -1.62. The molecule has 0 saturated heterocycles. The second kappa shape index (κ2) is 7.09. The molecule has 0 aliphatic rings. The Labute approximate surface area is 120 Å². The van der Waals surface area contributed by atoms with E-state index in [1.54, 1.807) is 38.1 Å². The third-order valence-corrected chi connectivity index (χ3v) is 3.14. The number of halogens is 1. The fourth-order valence-electron chi connectivity index (χ4n) is 1.61. The first-order chi connectivity index (χ1) is 8.95. The maximum Gasteiger partial charge on any atom is 0.326 e. The number of aryl methyl sites for hydroxylation is 1. The molecule has 0 saturated carbocycles. The summed E-state index contributed by atoms with van der Waals surface area (Å²) in [6.07, 6.45) is 3.74. The number of carboxylic acids is 1. The van der Waals surface area contributed by atoms with Gasteiger partial charge in [0.2, 0.25) is 0 Å². The van der Waals surface area contributed by atoms with Gasteiger partial charge in [0.25, 0.3) is 5.91 Å². The first-order valence-corrected chi connectivity index (χ1v) is 6.66. The summed E-state index contributed by atoms with van der Waals surface area (Å²) in [6.45, 7) is 3.61. The van der Waals surface area contributed by atoms with Crippen LogP contribution in [-0.2, 0) is 4.79 Å². The van der Waals surface area contributed by atoms with Crippen molar-refractivity contribution >= 4 is 27.8 Å². The molecular formula is C14H16BrNO3. The Morgan fingerprint density at radius 2 is 2.16 bits per heavy atom. The van der Waals surface area contributed by atoms with Crippen molar-refractivity contribution in [2.45, 2.75) is 26.3 Å². The summed E-state index contributed by atoms with van der Waals surface area (Å²) in [7, 11) is 0. The Kier molecular flexibility index (Phi) is 5.76. The molecule has 0 spiro atoms. The zero-order valence-corrected chi connectivity index (χ0v) is 12.4. The minimum atomic E-state index is -1.04. The lowest BCUT2D eigenvalue weighted by molar-refractivity contribution is -0.139. The zero-order chi connectivity index (χ0) is 14.4. The van der Waals surface area contributed by atoms with E-state index in [1.165, 1.54) is 0 Å². The number of hydrogen-bond acceptors (Lipinski definition) is 2. The third-order valence-electron chi connectivity index (χ3n) is 2.64. The number of benzene rings is 1. The number of carbonyl (C=O) groups is 2. The monoisotopic (exact) mass is 325 g/mol. The van der Waals surface area contributed by atoms with Gasteiger partial charge in [-0.15, -0.1) is 0 Å². The SMILES string of the molecule is C/C=C/CC(NC(=O)c1ccc(Br)cc1C)C(=O)O. The summed E-state index contributed by atoms with van der Waals surface area (Å²) in [4.78, 5) is 23.1. The third kappa shape index (κ3) is 4.52. The number of carboxylic acid groups (broad SMARTS) is 1. The number of allylic oxidation sites excluding steroid dienone is 1. The highest BCUT2D eigenvalue weighted by Crippen LogP contribution is 2.16. The molecule has 5 heteroatoms. The second-order valence-corrected chi connectivity index (χ2v) is 5.04. The molecule has 2 N–H and O–H groups in total. The zero-order valence-electron chi connectivity index (χ0n) is 10.8. The first-order valence-electron chi connectivity index (χ1n) is 5.86. The molecule has 0 bridgehead atoms. The van der Waals surface area contributed by atoms with Crippen molar-refractivity contribution in [2.75, 3.05) is 0 Å². The molecular weight excluding hydrogens is 310 g/mol. The van der Waals surface area contributed by atoms with E-state index in [-0.39, 0.29) is 12.3 Å². The standard InChI is InChI=1S/C14H16BrNO3/c1-3-4-5-12(14(18)19)16-13(17)11-7-6-10(15)8-9(11)2/h3-4,6-8,12H,5H2,1-2H3,(H,16,17)(H,18,19)/b4-3+. The Bertz CT molecular complexity index is 511. The van der Waals surface area contributed by atoms with E-state index in [9.17, 15) is 9.59 Å². The van der Waals surface area contributed by atoms with Gasteiger partial charge in [0.15, 0.2) is 0 Å². The topological polar surface area (TPSA) is 66.4 Å². The van der Waals surface area contributed by atoms with Crippen LogP contribution in [0.3, 0.4) is 0 Å². The fraction of sp³-hybridized carbons (Fsp3) is 0.286. The van der Waals surface area contributed by atoms with Crippen molar-refractivity contribution in [3.63, 3.8) is 0 Å². The molecule has 1 aromatic rings. The van der Waals surface area contributed by atoms with Gasteiger partial charge < -0.3 is 10.4 Å². The van der Waals surface area contributed by atoms with Gasteiger partial charge >= 0.3 is 5.97 Å². The largest absolute Gasteiger partial charge is 0.480 e. The lowest BCUT2D eigenvalue weighted by atomic mass is 10.1. The molecule has 0 aliphatic heterocycles. The van der Waals surface area contributed by atoms with Crippen molar-refractivity contribution in [3.05, 3.63) is 46.0 Å². The van der Waals surface area contributed by atoms with Gasteiger partial charge in [-0.2, -0.15) is 0 Å². The summed E-state index contributed by atoms with van der Waals surface area (Å²) in [6, 6.07) is 4.33. The number of rotatable bonds is 5. The minimum absolute atomic E-state index is 0.271. The summed E-state index contributed by atoms with van der Waals surface area (Å²) in [5.41, 5.74) is 1.27. The Balaban J connectivity index is 2.84. The second-order valence-electron chi connectivity index (χ2n) is 4.13. The van der Waals surface area contributed by atoms with E-state index >= 15 is 0 Å². The lowest BCUT2D eigenvalue weighted by Crippen LogP contribution is -2.40. The van der Waals surface area contributed by atoms with Crippen LogP contribution in [0.1, 0.15) is 29.3 Å².